The summed E-state index contributed by atoms with van der Waals surface area (Å²) in [6, 6.07) is 4.64. The first-order chi connectivity index (χ1) is 19.5. The highest BCUT2D eigenvalue weighted by Gasteiger charge is 2.33. The first kappa shape index (κ1) is 29.1. The molecule has 41 heavy (non-hydrogen) atoms. The van der Waals surface area contributed by atoms with Crippen LogP contribution in [0.5, 0.6) is 0 Å². The van der Waals surface area contributed by atoms with Crippen LogP contribution in [0.25, 0.3) is 11.3 Å². The van der Waals surface area contributed by atoms with Gasteiger partial charge in [-0.3, -0.25) is 14.5 Å². The summed E-state index contributed by atoms with van der Waals surface area (Å²) in [5.74, 6) is -0.844. The minimum atomic E-state index is -4.48. The van der Waals surface area contributed by atoms with E-state index in [0.717, 1.165) is 30.3 Å². The van der Waals surface area contributed by atoms with Crippen molar-refractivity contribution < 1.29 is 27.9 Å². The summed E-state index contributed by atoms with van der Waals surface area (Å²) in [4.78, 5) is 42.8. The summed E-state index contributed by atoms with van der Waals surface area (Å²) in [6.45, 7) is 6.15. The molecule has 1 N–H and O–H groups in total. The normalized spacial score (nSPS) is 18.7. The third-order valence-corrected chi connectivity index (χ3v) is 9.04. The number of thiazole rings is 1. The zero-order chi connectivity index (χ0) is 29.3. The Kier molecular flexibility index (Phi) is 8.42. The standard InChI is InChI=1S/C29H32F3N5O3S/c1-17-5-6-20(12-21(17)29(30,31)32)27-24(16-37-9-3-4-18(37)2)41-26(35-27)13-23(38)22-14-34-25(15-33-22)36-10-7-19(8-11-36)28(39)40/h5-6,12,14-15,18-19H,3-4,7-11,13,16H2,1-2H3,(H,39,40)/t18-/m0/s1. The smallest absolute Gasteiger partial charge is 0.416 e. The molecule has 0 bridgehead atoms. The van der Waals surface area contributed by atoms with Crippen LogP contribution in [0.3, 0.4) is 0 Å². The molecule has 1 aromatic carbocycles. The minimum absolute atomic E-state index is 0.0385. The second kappa shape index (κ2) is 11.8. The Balaban J connectivity index is 1.36. The number of ketones is 1. The van der Waals surface area contributed by atoms with Gasteiger partial charge < -0.3 is 10.0 Å². The predicted molar refractivity (Wildman–Crippen MR) is 149 cm³/mol. The molecule has 12 heteroatoms. The van der Waals surface area contributed by atoms with Crippen molar-refractivity contribution in [3.8, 4) is 11.3 Å². The molecule has 0 radical (unpaired) electrons. The lowest BCUT2D eigenvalue weighted by Gasteiger charge is -2.30. The third kappa shape index (κ3) is 6.59. The summed E-state index contributed by atoms with van der Waals surface area (Å²) in [7, 11) is 0. The minimum Gasteiger partial charge on any atom is -0.481 e. The van der Waals surface area contributed by atoms with Gasteiger partial charge >= 0.3 is 12.1 Å². The first-order valence-corrected chi connectivity index (χ1v) is 14.5. The number of hydrogen-bond acceptors (Lipinski definition) is 8. The van der Waals surface area contributed by atoms with E-state index in [2.05, 4.69) is 26.8 Å². The number of halogens is 3. The number of carbonyl (C=O) groups excluding carboxylic acids is 1. The van der Waals surface area contributed by atoms with Crippen LogP contribution in [0.1, 0.15) is 64.1 Å². The quantitative estimate of drug-likeness (QED) is 0.338. The van der Waals surface area contributed by atoms with Gasteiger partial charge in [0.05, 0.1) is 36.0 Å². The van der Waals surface area contributed by atoms with Crippen molar-refractivity contribution in [2.24, 2.45) is 5.92 Å². The number of piperidine rings is 1. The number of aromatic nitrogens is 3. The number of anilines is 1. The molecule has 4 heterocycles. The maximum absolute atomic E-state index is 13.7. The maximum atomic E-state index is 13.7. The molecule has 2 saturated heterocycles. The van der Waals surface area contributed by atoms with Crippen LogP contribution >= 0.6 is 11.3 Å². The van der Waals surface area contributed by atoms with Crippen molar-refractivity contribution in [1.82, 2.24) is 19.9 Å². The fourth-order valence-corrected chi connectivity index (χ4v) is 6.62. The van der Waals surface area contributed by atoms with Crippen molar-refractivity contribution in [2.75, 3.05) is 24.5 Å². The van der Waals surface area contributed by atoms with Crippen LogP contribution in [-0.2, 0) is 23.9 Å². The molecule has 8 nitrogen and oxygen atoms in total. The summed E-state index contributed by atoms with van der Waals surface area (Å²) in [5, 5.41) is 9.72. The number of hydrogen-bond donors (Lipinski definition) is 1. The largest absolute Gasteiger partial charge is 0.481 e. The highest BCUT2D eigenvalue weighted by Crippen LogP contribution is 2.37. The number of Topliss-reactive ketones (excluding diaryl/α,β-unsaturated/α-hetero) is 1. The van der Waals surface area contributed by atoms with Crippen LogP contribution < -0.4 is 4.90 Å². The van der Waals surface area contributed by atoms with Gasteiger partial charge in [-0.2, -0.15) is 13.2 Å². The second-order valence-corrected chi connectivity index (χ2v) is 12.0. The monoisotopic (exact) mass is 587 g/mol. The molecule has 0 aliphatic carbocycles. The lowest BCUT2D eigenvalue weighted by Crippen LogP contribution is -2.36. The van der Waals surface area contributed by atoms with Gasteiger partial charge in [-0.05, 0) is 57.7 Å². The molecule has 0 saturated carbocycles. The predicted octanol–water partition coefficient (Wildman–Crippen LogP) is 5.64. The fraction of sp³-hybridized carbons (Fsp3) is 0.483. The van der Waals surface area contributed by atoms with E-state index in [-0.39, 0.29) is 29.4 Å². The van der Waals surface area contributed by atoms with E-state index in [0.29, 0.717) is 60.6 Å². The average molecular weight is 588 g/mol. The number of likely N-dealkylation sites (tertiary alicyclic amines) is 1. The maximum Gasteiger partial charge on any atom is 0.416 e. The Morgan fingerprint density at radius 1 is 1.10 bits per heavy atom. The van der Waals surface area contributed by atoms with Crippen LogP contribution in [0.2, 0.25) is 0 Å². The number of carboxylic acids is 1. The molecule has 2 aliphatic rings. The third-order valence-electron chi connectivity index (χ3n) is 8.00. The number of carbonyl (C=O) groups is 2. The van der Waals surface area contributed by atoms with Gasteiger partial charge in [-0.1, -0.05) is 12.1 Å². The van der Waals surface area contributed by atoms with Crippen molar-refractivity contribution >= 4 is 28.9 Å². The van der Waals surface area contributed by atoms with E-state index >= 15 is 0 Å². The van der Waals surface area contributed by atoms with E-state index in [1.54, 1.807) is 6.07 Å². The van der Waals surface area contributed by atoms with Crippen molar-refractivity contribution in [3.63, 3.8) is 0 Å². The van der Waals surface area contributed by atoms with Crippen molar-refractivity contribution in [1.29, 1.82) is 0 Å². The number of aryl methyl sites for hydroxylation is 1. The molecule has 1 atom stereocenters. The zero-order valence-electron chi connectivity index (χ0n) is 22.9. The first-order valence-electron chi connectivity index (χ1n) is 13.7. The van der Waals surface area contributed by atoms with Crippen LogP contribution in [-0.4, -0.2) is 62.4 Å². The number of carboxylic acid groups (broad SMARTS) is 1. The van der Waals surface area contributed by atoms with Gasteiger partial charge in [-0.15, -0.1) is 11.3 Å². The summed E-state index contributed by atoms with van der Waals surface area (Å²) in [5.41, 5.74) is 0.498. The topological polar surface area (TPSA) is 99.5 Å². The molecule has 218 valence electrons. The zero-order valence-corrected chi connectivity index (χ0v) is 23.8. The van der Waals surface area contributed by atoms with Gasteiger partial charge in [0.1, 0.15) is 16.5 Å². The molecule has 0 unspecified atom stereocenters. The van der Waals surface area contributed by atoms with E-state index in [1.807, 2.05) is 4.90 Å². The van der Waals surface area contributed by atoms with Crippen molar-refractivity contribution in [3.05, 3.63) is 57.3 Å². The molecule has 2 fully saturated rings. The van der Waals surface area contributed by atoms with Crippen LogP contribution in [0.15, 0.2) is 30.6 Å². The van der Waals surface area contributed by atoms with Crippen LogP contribution in [0.4, 0.5) is 19.0 Å². The SMILES string of the molecule is Cc1ccc(-c2nc(CC(=O)c3cnc(N4CCC(C(=O)O)CC4)cn3)sc2CN2CCC[C@@H]2C)cc1C(F)(F)F. The second-order valence-electron chi connectivity index (χ2n) is 10.8. The molecule has 2 aliphatic heterocycles. The number of alkyl halides is 3. The van der Waals surface area contributed by atoms with Gasteiger partial charge in [0.2, 0.25) is 0 Å². The van der Waals surface area contributed by atoms with Gasteiger partial charge in [0.25, 0.3) is 0 Å². The number of nitrogens with zero attached hydrogens (tertiary/aromatic N) is 5. The molecule has 0 spiro atoms. The average Bonchev–Trinajstić information content (AvgIpc) is 3.53. The lowest BCUT2D eigenvalue weighted by molar-refractivity contribution is -0.142. The molecule has 2 aromatic heterocycles. The molecular weight excluding hydrogens is 555 g/mol. The Hall–Kier alpha value is -3.38. The van der Waals surface area contributed by atoms with Gasteiger partial charge in [-0.25, -0.2) is 15.0 Å². The number of aliphatic carboxylic acids is 1. The number of rotatable bonds is 8. The number of benzene rings is 1. The Morgan fingerprint density at radius 2 is 1.85 bits per heavy atom. The van der Waals surface area contributed by atoms with Gasteiger partial charge in [0.15, 0.2) is 5.78 Å². The summed E-state index contributed by atoms with van der Waals surface area (Å²) in [6.07, 6.45) is 1.59. The molecule has 0 amide bonds. The van der Waals surface area contributed by atoms with E-state index < -0.39 is 17.7 Å². The summed E-state index contributed by atoms with van der Waals surface area (Å²) < 4.78 is 41.0. The molecule has 5 rings (SSSR count). The van der Waals surface area contributed by atoms with E-state index in [1.165, 1.54) is 36.7 Å². The Morgan fingerprint density at radius 3 is 2.46 bits per heavy atom. The van der Waals surface area contributed by atoms with Crippen LogP contribution in [0, 0.1) is 12.8 Å². The fourth-order valence-electron chi connectivity index (χ4n) is 5.51. The highest BCUT2D eigenvalue weighted by atomic mass is 32.1. The van der Waals surface area contributed by atoms with Gasteiger partial charge in [0, 0.05) is 36.1 Å². The molecule has 3 aromatic rings. The highest BCUT2D eigenvalue weighted by molar-refractivity contribution is 7.12. The molecular formula is C29H32F3N5O3S. The van der Waals surface area contributed by atoms with E-state index in [9.17, 15) is 27.9 Å². The Bertz CT molecular complexity index is 1420. The van der Waals surface area contributed by atoms with E-state index in [4.69, 9.17) is 0 Å². The summed E-state index contributed by atoms with van der Waals surface area (Å²) >= 11 is 1.35. The van der Waals surface area contributed by atoms with Crippen molar-refractivity contribution in [2.45, 2.75) is 64.7 Å². The lowest BCUT2D eigenvalue weighted by atomic mass is 9.97. The Labute approximate surface area is 240 Å².